The predicted molar refractivity (Wildman–Crippen MR) is 81.5 cm³/mol. The Kier molecular flexibility index (Phi) is 5.13. The van der Waals surface area contributed by atoms with Gasteiger partial charge in [0.2, 0.25) is 0 Å². The lowest BCUT2D eigenvalue weighted by molar-refractivity contribution is 0.0811. The number of likely N-dealkylation sites (tertiary alicyclic amines) is 1. The van der Waals surface area contributed by atoms with E-state index in [4.69, 9.17) is 23.2 Å². The van der Waals surface area contributed by atoms with E-state index in [1.165, 1.54) is 0 Å². The third kappa shape index (κ3) is 3.19. The molecule has 0 radical (unpaired) electrons. The van der Waals surface area contributed by atoms with Crippen LogP contribution < -0.4 is 5.32 Å². The number of aliphatic hydroxyl groups excluding tert-OH is 1. The first kappa shape index (κ1) is 15.4. The van der Waals surface area contributed by atoms with Crippen LogP contribution >= 0.6 is 23.2 Å². The maximum atomic E-state index is 12.3. The number of benzene rings is 1. The number of amides is 2. The molecule has 110 valence electrons. The van der Waals surface area contributed by atoms with Crippen molar-refractivity contribution in [3.8, 4) is 0 Å². The Morgan fingerprint density at radius 3 is 2.95 bits per heavy atom. The van der Waals surface area contributed by atoms with E-state index in [1.807, 2.05) is 6.92 Å². The van der Waals surface area contributed by atoms with Crippen molar-refractivity contribution in [1.29, 1.82) is 0 Å². The van der Waals surface area contributed by atoms with Gasteiger partial charge in [-0.1, -0.05) is 36.2 Å². The molecule has 0 aromatic heterocycles. The fraction of sp³-hybridized carbons (Fsp3) is 0.500. The Labute approximate surface area is 128 Å². The Morgan fingerprint density at radius 1 is 1.50 bits per heavy atom. The fourth-order valence-corrected chi connectivity index (χ4v) is 2.91. The second-order valence-corrected chi connectivity index (χ2v) is 5.88. The van der Waals surface area contributed by atoms with Crippen molar-refractivity contribution in [2.45, 2.75) is 25.8 Å². The highest BCUT2D eigenvalue weighted by Gasteiger charge is 2.31. The SMILES string of the molecule is CC1CCCN(C(=O)Nc2cccc(Cl)c2Cl)C1CO. The molecule has 4 nitrogen and oxygen atoms in total. The molecule has 1 heterocycles. The summed E-state index contributed by atoms with van der Waals surface area (Å²) in [5.74, 6) is 0.286. The lowest BCUT2D eigenvalue weighted by Gasteiger charge is -2.38. The van der Waals surface area contributed by atoms with E-state index in [9.17, 15) is 9.90 Å². The normalized spacial score (nSPS) is 22.7. The van der Waals surface area contributed by atoms with Gasteiger partial charge in [0, 0.05) is 6.54 Å². The van der Waals surface area contributed by atoms with E-state index in [1.54, 1.807) is 23.1 Å². The quantitative estimate of drug-likeness (QED) is 0.875. The van der Waals surface area contributed by atoms with Gasteiger partial charge in [0.15, 0.2) is 0 Å². The highest BCUT2D eigenvalue weighted by molar-refractivity contribution is 6.43. The smallest absolute Gasteiger partial charge is 0.322 e. The van der Waals surface area contributed by atoms with Crippen LogP contribution in [0.25, 0.3) is 0 Å². The van der Waals surface area contributed by atoms with Crippen LogP contribution in [0.5, 0.6) is 0 Å². The fourth-order valence-electron chi connectivity index (χ4n) is 2.57. The lowest BCUT2D eigenvalue weighted by atomic mass is 9.91. The molecule has 1 aromatic carbocycles. The van der Waals surface area contributed by atoms with Crippen LogP contribution in [0.3, 0.4) is 0 Å². The second kappa shape index (κ2) is 6.66. The standard InChI is InChI=1S/C14H18Cl2N2O2/c1-9-4-3-7-18(12(9)8-19)14(20)17-11-6-2-5-10(15)13(11)16/h2,5-6,9,12,19H,3-4,7-8H2,1H3,(H,17,20). The summed E-state index contributed by atoms with van der Waals surface area (Å²) in [5.41, 5.74) is 0.485. The molecule has 1 fully saturated rings. The zero-order valence-electron chi connectivity index (χ0n) is 11.3. The van der Waals surface area contributed by atoms with Crippen LogP contribution in [-0.2, 0) is 0 Å². The lowest BCUT2D eigenvalue weighted by Crippen LogP contribution is -2.51. The average Bonchev–Trinajstić information content (AvgIpc) is 2.43. The van der Waals surface area contributed by atoms with Gasteiger partial charge in [0.25, 0.3) is 0 Å². The van der Waals surface area contributed by atoms with Crippen molar-refractivity contribution in [3.63, 3.8) is 0 Å². The van der Waals surface area contributed by atoms with Crippen LogP contribution in [0.2, 0.25) is 10.0 Å². The Bertz CT molecular complexity index is 496. The summed E-state index contributed by atoms with van der Waals surface area (Å²) in [4.78, 5) is 14.0. The number of urea groups is 1. The van der Waals surface area contributed by atoms with Gasteiger partial charge in [-0.05, 0) is 30.9 Å². The molecule has 0 saturated carbocycles. The summed E-state index contributed by atoms with van der Waals surface area (Å²) >= 11 is 12.0. The number of hydrogen-bond acceptors (Lipinski definition) is 2. The molecule has 2 atom stereocenters. The molecule has 2 rings (SSSR count). The minimum Gasteiger partial charge on any atom is -0.394 e. The highest BCUT2D eigenvalue weighted by Crippen LogP contribution is 2.30. The van der Waals surface area contributed by atoms with Gasteiger partial charge in [-0.25, -0.2) is 4.79 Å². The van der Waals surface area contributed by atoms with Crippen LogP contribution in [0, 0.1) is 5.92 Å². The van der Waals surface area contributed by atoms with Gasteiger partial charge in [0.1, 0.15) is 0 Å². The van der Waals surface area contributed by atoms with Gasteiger partial charge in [0.05, 0.1) is 28.4 Å². The second-order valence-electron chi connectivity index (χ2n) is 5.09. The van der Waals surface area contributed by atoms with Crippen LogP contribution in [0.4, 0.5) is 10.5 Å². The maximum Gasteiger partial charge on any atom is 0.322 e. The summed E-state index contributed by atoms with van der Waals surface area (Å²) in [5, 5.41) is 13.0. The monoisotopic (exact) mass is 316 g/mol. The molecule has 0 aliphatic carbocycles. The Balaban J connectivity index is 2.12. The van der Waals surface area contributed by atoms with Crippen LogP contribution in [0.1, 0.15) is 19.8 Å². The van der Waals surface area contributed by atoms with Crippen molar-refractivity contribution in [2.75, 3.05) is 18.5 Å². The molecule has 2 N–H and O–H groups in total. The topological polar surface area (TPSA) is 52.6 Å². The molecule has 1 aliphatic heterocycles. The molecular formula is C14H18Cl2N2O2. The van der Waals surface area contributed by atoms with E-state index in [2.05, 4.69) is 5.32 Å². The molecule has 2 amide bonds. The van der Waals surface area contributed by atoms with Gasteiger partial charge in [-0.2, -0.15) is 0 Å². The number of aliphatic hydroxyl groups is 1. The number of carbonyl (C=O) groups is 1. The van der Waals surface area contributed by atoms with Gasteiger partial charge >= 0.3 is 6.03 Å². The first-order valence-electron chi connectivity index (χ1n) is 6.67. The third-order valence-corrected chi connectivity index (χ3v) is 4.58. The Hall–Kier alpha value is -0.970. The number of hydrogen-bond donors (Lipinski definition) is 2. The highest BCUT2D eigenvalue weighted by atomic mass is 35.5. The molecule has 20 heavy (non-hydrogen) atoms. The largest absolute Gasteiger partial charge is 0.394 e. The van der Waals surface area contributed by atoms with Gasteiger partial charge in [-0.3, -0.25) is 0 Å². The number of rotatable bonds is 2. The number of halogens is 2. The Morgan fingerprint density at radius 2 is 2.25 bits per heavy atom. The minimum atomic E-state index is -0.250. The van der Waals surface area contributed by atoms with Gasteiger partial charge < -0.3 is 15.3 Å². The van der Waals surface area contributed by atoms with Crippen LogP contribution in [-0.4, -0.2) is 35.2 Å². The predicted octanol–water partition coefficient (Wildman–Crippen LogP) is 3.62. The zero-order valence-corrected chi connectivity index (χ0v) is 12.8. The summed E-state index contributed by atoms with van der Waals surface area (Å²) in [6, 6.07) is 4.69. The number of anilines is 1. The zero-order chi connectivity index (χ0) is 14.7. The number of carbonyl (C=O) groups excluding carboxylic acids is 1. The molecule has 0 spiro atoms. The molecule has 1 aliphatic rings. The number of piperidine rings is 1. The van der Waals surface area contributed by atoms with E-state index in [0.717, 1.165) is 12.8 Å². The third-order valence-electron chi connectivity index (χ3n) is 3.76. The van der Waals surface area contributed by atoms with E-state index in [-0.39, 0.29) is 24.6 Å². The molecule has 6 heteroatoms. The summed E-state index contributed by atoms with van der Waals surface area (Å²) in [6.45, 7) is 2.66. The maximum absolute atomic E-state index is 12.3. The first-order valence-corrected chi connectivity index (χ1v) is 7.42. The first-order chi connectivity index (χ1) is 9.54. The number of nitrogens with one attached hydrogen (secondary N) is 1. The summed E-state index contributed by atoms with van der Waals surface area (Å²) < 4.78 is 0. The number of nitrogens with zero attached hydrogens (tertiary/aromatic N) is 1. The van der Waals surface area contributed by atoms with Crippen molar-refractivity contribution in [2.24, 2.45) is 5.92 Å². The summed E-state index contributed by atoms with van der Waals surface area (Å²) in [6.07, 6.45) is 1.96. The molecule has 1 saturated heterocycles. The van der Waals surface area contributed by atoms with Crippen molar-refractivity contribution in [3.05, 3.63) is 28.2 Å². The van der Waals surface area contributed by atoms with Gasteiger partial charge in [-0.15, -0.1) is 0 Å². The summed E-state index contributed by atoms with van der Waals surface area (Å²) in [7, 11) is 0. The molecule has 0 bridgehead atoms. The molecule has 2 unspecified atom stereocenters. The molecular weight excluding hydrogens is 299 g/mol. The van der Waals surface area contributed by atoms with Crippen molar-refractivity contribution >= 4 is 34.9 Å². The van der Waals surface area contributed by atoms with Crippen LogP contribution in [0.15, 0.2) is 18.2 Å². The van der Waals surface area contributed by atoms with E-state index >= 15 is 0 Å². The van der Waals surface area contributed by atoms with Crippen molar-refractivity contribution in [1.82, 2.24) is 4.90 Å². The average molecular weight is 317 g/mol. The van der Waals surface area contributed by atoms with E-state index < -0.39 is 0 Å². The van der Waals surface area contributed by atoms with Crippen molar-refractivity contribution < 1.29 is 9.90 Å². The molecule has 1 aromatic rings. The van der Waals surface area contributed by atoms with E-state index in [0.29, 0.717) is 22.3 Å². The minimum absolute atomic E-state index is 0.0299.